The maximum absolute atomic E-state index is 12.4. The Morgan fingerprint density at radius 1 is 1.24 bits per heavy atom. The fraction of sp³-hybridized carbons (Fsp3) is 0.706. The van der Waals surface area contributed by atoms with Crippen LogP contribution in [-0.2, 0) is 0 Å². The zero-order chi connectivity index (χ0) is 14.6. The summed E-state index contributed by atoms with van der Waals surface area (Å²) in [5, 5.41) is 3.32. The third-order valence-corrected chi connectivity index (χ3v) is 7.77. The van der Waals surface area contributed by atoms with Gasteiger partial charge in [-0.3, -0.25) is 4.79 Å². The highest BCUT2D eigenvalue weighted by molar-refractivity contribution is 9.11. The van der Waals surface area contributed by atoms with E-state index in [0.717, 1.165) is 26.4 Å². The number of halogens is 1. The molecule has 5 rings (SSSR count). The Morgan fingerprint density at radius 2 is 1.81 bits per heavy atom. The summed E-state index contributed by atoms with van der Waals surface area (Å²) in [6, 6.07) is 4.17. The molecule has 4 fully saturated rings. The molecule has 0 unspecified atom stereocenters. The van der Waals surface area contributed by atoms with Crippen LogP contribution in [0.25, 0.3) is 0 Å². The molecule has 0 spiro atoms. The first kappa shape index (κ1) is 14.3. The Kier molecular flexibility index (Phi) is 3.45. The predicted octanol–water partition coefficient (Wildman–Crippen LogP) is 4.85. The van der Waals surface area contributed by atoms with Crippen LogP contribution in [0.4, 0.5) is 0 Å². The zero-order valence-corrected chi connectivity index (χ0v) is 14.8. The Bertz CT molecular complexity index is 532. The lowest BCUT2D eigenvalue weighted by atomic mass is 9.48. The summed E-state index contributed by atoms with van der Waals surface area (Å²) < 4.78 is 1.02. The second-order valence-corrected chi connectivity index (χ2v) is 10.0. The average Bonchev–Trinajstić information content (AvgIpc) is 2.84. The van der Waals surface area contributed by atoms with E-state index < -0.39 is 0 Å². The number of amides is 1. The fourth-order valence-electron chi connectivity index (χ4n) is 5.57. The maximum atomic E-state index is 12.4. The topological polar surface area (TPSA) is 29.1 Å². The van der Waals surface area contributed by atoms with Crippen LogP contribution >= 0.6 is 27.3 Å². The second kappa shape index (κ2) is 5.09. The fourth-order valence-corrected chi connectivity index (χ4v) is 6.85. The lowest BCUT2D eigenvalue weighted by Crippen LogP contribution is -2.55. The quantitative estimate of drug-likeness (QED) is 0.812. The molecule has 1 amide bonds. The molecule has 1 N–H and O–H groups in total. The second-order valence-electron chi connectivity index (χ2n) is 7.58. The van der Waals surface area contributed by atoms with E-state index in [2.05, 4.69) is 28.2 Å². The first-order valence-corrected chi connectivity index (χ1v) is 9.71. The molecule has 1 aromatic heterocycles. The molecule has 4 bridgehead atoms. The molecule has 4 saturated carbocycles. The van der Waals surface area contributed by atoms with E-state index in [1.165, 1.54) is 49.9 Å². The SMILES string of the molecule is C[C@H](NC(=O)c1ccc(Br)s1)C12CC3CC(CC(C3)C1)C2. The van der Waals surface area contributed by atoms with Crippen molar-refractivity contribution in [2.45, 2.75) is 51.5 Å². The Labute approximate surface area is 138 Å². The molecule has 1 heterocycles. The van der Waals surface area contributed by atoms with E-state index in [-0.39, 0.29) is 5.91 Å². The van der Waals surface area contributed by atoms with Crippen LogP contribution in [0.15, 0.2) is 15.9 Å². The van der Waals surface area contributed by atoms with Gasteiger partial charge in [0.25, 0.3) is 5.91 Å². The Hall–Kier alpha value is -0.350. The predicted molar refractivity (Wildman–Crippen MR) is 89.6 cm³/mol. The van der Waals surface area contributed by atoms with Crippen LogP contribution in [0.1, 0.15) is 55.1 Å². The van der Waals surface area contributed by atoms with Gasteiger partial charge >= 0.3 is 0 Å². The molecule has 4 aliphatic rings. The Balaban J connectivity index is 1.50. The molecule has 4 aliphatic carbocycles. The van der Waals surface area contributed by atoms with Crippen LogP contribution in [-0.4, -0.2) is 11.9 Å². The summed E-state index contributed by atoms with van der Waals surface area (Å²) in [5.74, 6) is 2.92. The van der Waals surface area contributed by atoms with Crippen molar-refractivity contribution in [2.24, 2.45) is 23.2 Å². The van der Waals surface area contributed by atoms with E-state index in [1.807, 2.05) is 12.1 Å². The number of rotatable bonds is 3. The van der Waals surface area contributed by atoms with Gasteiger partial charge in [-0.25, -0.2) is 0 Å². The summed E-state index contributed by atoms with van der Waals surface area (Å²) >= 11 is 4.96. The largest absolute Gasteiger partial charge is 0.348 e. The third-order valence-electron chi connectivity index (χ3n) is 6.15. The highest BCUT2D eigenvalue weighted by Gasteiger charge is 2.53. The number of hydrogen-bond donors (Lipinski definition) is 1. The number of carbonyl (C=O) groups excluding carboxylic acids is 1. The van der Waals surface area contributed by atoms with Gasteiger partial charge in [-0.05, 0) is 96.7 Å². The van der Waals surface area contributed by atoms with E-state index >= 15 is 0 Å². The Morgan fingerprint density at radius 3 is 2.29 bits per heavy atom. The molecule has 0 radical (unpaired) electrons. The van der Waals surface area contributed by atoms with Crippen LogP contribution in [0.3, 0.4) is 0 Å². The standard InChI is InChI=1S/C17H22BrNOS/c1-10(19-16(20)14-2-3-15(18)21-14)17-7-11-4-12(8-17)6-13(5-11)9-17/h2-3,10-13H,4-9H2,1H3,(H,19,20)/t10-,11?,12?,13?,17?/m0/s1. The molecule has 21 heavy (non-hydrogen) atoms. The molecule has 114 valence electrons. The molecular formula is C17H22BrNOS. The summed E-state index contributed by atoms with van der Waals surface area (Å²) in [7, 11) is 0. The van der Waals surface area contributed by atoms with Crippen LogP contribution in [0.5, 0.6) is 0 Å². The smallest absolute Gasteiger partial charge is 0.261 e. The van der Waals surface area contributed by atoms with Gasteiger partial charge in [-0.15, -0.1) is 11.3 Å². The molecule has 0 aromatic carbocycles. The van der Waals surface area contributed by atoms with Gasteiger partial charge in [0, 0.05) is 6.04 Å². The van der Waals surface area contributed by atoms with Crippen LogP contribution in [0, 0.1) is 23.2 Å². The first-order chi connectivity index (χ1) is 10.0. The van der Waals surface area contributed by atoms with Crippen molar-refractivity contribution < 1.29 is 4.79 Å². The van der Waals surface area contributed by atoms with Gasteiger partial charge in [0.2, 0.25) is 0 Å². The molecule has 1 atom stereocenters. The molecule has 4 heteroatoms. The minimum absolute atomic E-state index is 0.106. The van der Waals surface area contributed by atoms with Crippen molar-refractivity contribution in [1.82, 2.24) is 5.32 Å². The zero-order valence-electron chi connectivity index (χ0n) is 12.4. The van der Waals surface area contributed by atoms with Crippen LogP contribution in [0.2, 0.25) is 0 Å². The molecular weight excluding hydrogens is 346 g/mol. The highest BCUT2D eigenvalue weighted by atomic mass is 79.9. The minimum atomic E-state index is 0.106. The van der Waals surface area contributed by atoms with Crippen molar-refractivity contribution in [3.8, 4) is 0 Å². The van der Waals surface area contributed by atoms with Crippen molar-refractivity contribution in [2.75, 3.05) is 0 Å². The van der Waals surface area contributed by atoms with Gasteiger partial charge in [0.05, 0.1) is 8.66 Å². The molecule has 1 aromatic rings. The molecule has 0 saturated heterocycles. The first-order valence-electron chi connectivity index (χ1n) is 8.10. The number of carbonyl (C=O) groups is 1. The summed E-state index contributed by atoms with van der Waals surface area (Å²) in [4.78, 5) is 13.3. The van der Waals surface area contributed by atoms with Gasteiger partial charge in [0.15, 0.2) is 0 Å². The van der Waals surface area contributed by atoms with Crippen molar-refractivity contribution in [3.05, 3.63) is 20.8 Å². The van der Waals surface area contributed by atoms with E-state index in [9.17, 15) is 4.79 Å². The number of hydrogen-bond acceptors (Lipinski definition) is 2. The summed E-state index contributed by atoms with van der Waals surface area (Å²) in [6.07, 6.45) is 8.39. The van der Waals surface area contributed by atoms with Gasteiger partial charge in [-0.2, -0.15) is 0 Å². The minimum Gasteiger partial charge on any atom is -0.348 e. The van der Waals surface area contributed by atoms with Gasteiger partial charge < -0.3 is 5.32 Å². The molecule has 0 aliphatic heterocycles. The lowest BCUT2D eigenvalue weighted by molar-refractivity contribution is -0.0687. The monoisotopic (exact) mass is 367 g/mol. The maximum Gasteiger partial charge on any atom is 0.261 e. The highest BCUT2D eigenvalue weighted by Crippen LogP contribution is 2.61. The number of thiophene rings is 1. The third kappa shape index (κ3) is 2.48. The summed E-state index contributed by atoms with van der Waals surface area (Å²) in [6.45, 7) is 2.24. The molecule has 2 nitrogen and oxygen atoms in total. The average molecular weight is 368 g/mol. The summed E-state index contributed by atoms with van der Waals surface area (Å²) in [5.41, 5.74) is 0.388. The lowest BCUT2D eigenvalue weighted by Gasteiger charge is -2.59. The van der Waals surface area contributed by atoms with E-state index in [4.69, 9.17) is 0 Å². The van der Waals surface area contributed by atoms with Gasteiger partial charge in [0.1, 0.15) is 0 Å². The van der Waals surface area contributed by atoms with Crippen molar-refractivity contribution in [3.63, 3.8) is 0 Å². The van der Waals surface area contributed by atoms with Crippen LogP contribution < -0.4 is 5.32 Å². The van der Waals surface area contributed by atoms with E-state index in [0.29, 0.717) is 11.5 Å². The van der Waals surface area contributed by atoms with Crippen molar-refractivity contribution >= 4 is 33.2 Å². The van der Waals surface area contributed by atoms with Crippen molar-refractivity contribution in [1.29, 1.82) is 0 Å². The van der Waals surface area contributed by atoms with E-state index in [1.54, 1.807) is 0 Å². The van der Waals surface area contributed by atoms with Gasteiger partial charge in [-0.1, -0.05) is 0 Å². The normalized spacial score (nSPS) is 38.5. The number of nitrogens with one attached hydrogen (secondary N) is 1.